The van der Waals surface area contributed by atoms with Gasteiger partial charge in [-0.3, -0.25) is 0 Å². The van der Waals surface area contributed by atoms with E-state index in [4.69, 9.17) is 10.5 Å². The average Bonchev–Trinajstić information content (AvgIpc) is 2.70. The van der Waals surface area contributed by atoms with E-state index >= 15 is 0 Å². The molecule has 0 saturated carbocycles. The van der Waals surface area contributed by atoms with Gasteiger partial charge in [0.2, 0.25) is 0 Å². The molecule has 0 aliphatic rings. The minimum Gasteiger partial charge on any atom is -0.384 e. The molecular weight excluding hydrogens is 222 g/mol. The quantitative estimate of drug-likeness (QED) is 0.883. The summed E-state index contributed by atoms with van der Waals surface area (Å²) in [5.74, 6) is 1.34. The number of thiophene rings is 1. The predicted octanol–water partition coefficient (Wildman–Crippen LogP) is 2.02. The number of rotatable bonds is 4. The molecular formula is C11H15N3OS. The molecule has 0 spiro atoms. The Morgan fingerprint density at radius 1 is 1.44 bits per heavy atom. The second-order valence-corrected chi connectivity index (χ2v) is 4.67. The van der Waals surface area contributed by atoms with Gasteiger partial charge in [-0.05, 0) is 12.5 Å². The molecule has 0 aliphatic heterocycles. The summed E-state index contributed by atoms with van der Waals surface area (Å²) in [6.07, 6.45) is 1.71. The molecule has 86 valence electrons. The van der Waals surface area contributed by atoms with Gasteiger partial charge in [-0.2, -0.15) is 0 Å². The average molecular weight is 237 g/mol. The third-order valence-electron chi connectivity index (χ3n) is 2.40. The topological polar surface area (TPSA) is 61.0 Å². The molecule has 0 aromatic carbocycles. The highest BCUT2D eigenvalue weighted by atomic mass is 32.1. The van der Waals surface area contributed by atoms with Gasteiger partial charge in [0.1, 0.15) is 16.5 Å². The largest absolute Gasteiger partial charge is 0.384 e. The van der Waals surface area contributed by atoms with Crippen LogP contribution >= 0.6 is 11.3 Å². The molecule has 0 bridgehead atoms. The fraction of sp³-hybridized carbons (Fsp3) is 0.455. The molecule has 2 N–H and O–H groups in total. The van der Waals surface area contributed by atoms with E-state index in [1.54, 1.807) is 18.4 Å². The van der Waals surface area contributed by atoms with Crippen molar-refractivity contribution in [1.29, 1.82) is 0 Å². The van der Waals surface area contributed by atoms with Crippen LogP contribution in [0.4, 0.5) is 5.82 Å². The highest BCUT2D eigenvalue weighted by Crippen LogP contribution is 2.27. The van der Waals surface area contributed by atoms with Gasteiger partial charge in [0.05, 0.1) is 12.0 Å². The van der Waals surface area contributed by atoms with Gasteiger partial charge >= 0.3 is 0 Å². The second-order valence-electron chi connectivity index (χ2n) is 3.55. The van der Waals surface area contributed by atoms with Crippen molar-refractivity contribution in [1.82, 2.24) is 9.97 Å². The number of aromatic nitrogens is 2. The molecule has 2 heterocycles. The summed E-state index contributed by atoms with van der Waals surface area (Å²) in [4.78, 5) is 11.0. The third-order valence-corrected chi connectivity index (χ3v) is 3.57. The number of aryl methyl sites for hydroxylation is 1. The van der Waals surface area contributed by atoms with Crippen molar-refractivity contribution < 1.29 is 4.74 Å². The lowest BCUT2D eigenvalue weighted by Gasteiger charge is -2.01. The normalized spacial score (nSPS) is 11.1. The first-order valence-corrected chi connectivity index (χ1v) is 6.10. The van der Waals surface area contributed by atoms with Crippen molar-refractivity contribution in [2.24, 2.45) is 0 Å². The zero-order valence-corrected chi connectivity index (χ0v) is 10.3. The van der Waals surface area contributed by atoms with Crippen LogP contribution in [0.15, 0.2) is 6.07 Å². The van der Waals surface area contributed by atoms with Gasteiger partial charge in [0.15, 0.2) is 0 Å². The number of methoxy groups -OCH3 is 1. The van der Waals surface area contributed by atoms with Gasteiger partial charge < -0.3 is 10.5 Å². The zero-order valence-electron chi connectivity index (χ0n) is 9.49. The number of hydrogen-bond donors (Lipinski definition) is 1. The van der Waals surface area contributed by atoms with Gasteiger partial charge in [-0.1, -0.05) is 6.92 Å². The summed E-state index contributed by atoms with van der Waals surface area (Å²) in [7, 11) is 1.67. The van der Waals surface area contributed by atoms with E-state index in [1.165, 1.54) is 4.88 Å². The Labute approximate surface area is 98.5 Å². The van der Waals surface area contributed by atoms with E-state index in [9.17, 15) is 0 Å². The molecule has 0 unspecified atom stereocenters. The van der Waals surface area contributed by atoms with Crippen molar-refractivity contribution in [3.05, 3.63) is 16.8 Å². The van der Waals surface area contributed by atoms with E-state index in [-0.39, 0.29) is 0 Å². The van der Waals surface area contributed by atoms with E-state index in [2.05, 4.69) is 23.0 Å². The smallest absolute Gasteiger partial charge is 0.135 e. The highest BCUT2D eigenvalue weighted by Gasteiger charge is 2.08. The second kappa shape index (κ2) is 4.76. The number of anilines is 1. The molecule has 16 heavy (non-hydrogen) atoms. The first-order chi connectivity index (χ1) is 7.74. The van der Waals surface area contributed by atoms with Crippen LogP contribution in [0.25, 0.3) is 10.2 Å². The fourth-order valence-electron chi connectivity index (χ4n) is 1.52. The van der Waals surface area contributed by atoms with Crippen molar-refractivity contribution in [3.63, 3.8) is 0 Å². The maximum atomic E-state index is 5.91. The lowest BCUT2D eigenvalue weighted by Crippen LogP contribution is -2.03. The molecule has 0 fully saturated rings. The first-order valence-electron chi connectivity index (χ1n) is 5.28. The van der Waals surface area contributed by atoms with Crippen LogP contribution in [0.2, 0.25) is 0 Å². The number of nitrogens with zero attached hydrogens (tertiary/aromatic N) is 2. The Bertz CT molecular complexity index is 495. The van der Waals surface area contributed by atoms with Crippen molar-refractivity contribution in [2.45, 2.75) is 19.8 Å². The third kappa shape index (κ3) is 2.15. The summed E-state index contributed by atoms with van der Waals surface area (Å²) in [6, 6.07) is 2.08. The molecule has 0 atom stereocenters. The monoisotopic (exact) mass is 237 g/mol. The Balaban J connectivity index is 2.40. The molecule has 4 nitrogen and oxygen atoms in total. The van der Waals surface area contributed by atoms with Crippen molar-refractivity contribution in [2.75, 3.05) is 19.5 Å². The summed E-state index contributed by atoms with van der Waals surface area (Å²) in [5, 5.41) is 0.975. The van der Waals surface area contributed by atoms with Crippen LogP contribution in [0.3, 0.4) is 0 Å². The molecule has 5 heteroatoms. The van der Waals surface area contributed by atoms with Crippen LogP contribution in [0.5, 0.6) is 0 Å². The zero-order chi connectivity index (χ0) is 11.5. The number of ether oxygens (including phenoxy) is 1. The molecule has 0 amide bonds. The molecule has 0 radical (unpaired) electrons. The lowest BCUT2D eigenvalue weighted by molar-refractivity contribution is 0.200. The number of nitrogens with two attached hydrogens (primary N) is 1. The summed E-state index contributed by atoms with van der Waals surface area (Å²) in [6.45, 7) is 2.75. The molecule has 2 rings (SSSR count). The first kappa shape index (κ1) is 11.3. The van der Waals surface area contributed by atoms with Crippen molar-refractivity contribution >= 4 is 27.4 Å². The van der Waals surface area contributed by atoms with Crippen LogP contribution in [0, 0.1) is 0 Å². The standard InChI is InChI=1S/C11H15N3OS/c1-3-7-6-8-10(12)13-9(4-5-15-2)14-11(8)16-7/h6H,3-5H2,1-2H3,(H2,12,13,14). The van der Waals surface area contributed by atoms with Crippen LogP contribution < -0.4 is 5.73 Å². The van der Waals surface area contributed by atoms with Crippen LogP contribution in [-0.2, 0) is 17.6 Å². The number of hydrogen-bond acceptors (Lipinski definition) is 5. The van der Waals surface area contributed by atoms with Crippen molar-refractivity contribution in [3.8, 4) is 0 Å². The van der Waals surface area contributed by atoms with Gasteiger partial charge in [0, 0.05) is 18.4 Å². The number of fused-ring (bicyclic) bond motifs is 1. The van der Waals surface area contributed by atoms with Crippen LogP contribution in [0.1, 0.15) is 17.6 Å². The number of nitrogen functional groups attached to an aromatic ring is 1. The Kier molecular flexibility index (Phi) is 3.36. The highest BCUT2D eigenvalue weighted by molar-refractivity contribution is 7.18. The fourth-order valence-corrected chi connectivity index (χ4v) is 2.51. The van der Waals surface area contributed by atoms with Crippen LogP contribution in [-0.4, -0.2) is 23.7 Å². The van der Waals surface area contributed by atoms with E-state index in [0.29, 0.717) is 18.8 Å². The van der Waals surface area contributed by atoms with E-state index in [0.717, 1.165) is 22.5 Å². The molecule has 0 saturated heterocycles. The predicted molar refractivity (Wildman–Crippen MR) is 66.8 cm³/mol. The van der Waals surface area contributed by atoms with E-state index < -0.39 is 0 Å². The molecule has 0 aliphatic carbocycles. The molecule has 2 aromatic heterocycles. The maximum Gasteiger partial charge on any atom is 0.135 e. The minimum atomic E-state index is 0.576. The Hall–Kier alpha value is -1.20. The van der Waals surface area contributed by atoms with E-state index in [1.807, 2.05) is 0 Å². The Morgan fingerprint density at radius 3 is 2.94 bits per heavy atom. The Morgan fingerprint density at radius 2 is 2.25 bits per heavy atom. The van der Waals surface area contributed by atoms with Gasteiger partial charge in [-0.15, -0.1) is 11.3 Å². The summed E-state index contributed by atoms with van der Waals surface area (Å²) in [5.41, 5.74) is 5.91. The summed E-state index contributed by atoms with van der Waals surface area (Å²) < 4.78 is 5.01. The SMILES string of the molecule is CCc1cc2c(N)nc(CCOC)nc2s1. The lowest BCUT2D eigenvalue weighted by atomic mass is 10.3. The summed E-state index contributed by atoms with van der Waals surface area (Å²) >= 11 is 1.69. The molecule has 2 aromatic rings. The maximum absolute atomic E-state index is 5.91. The minimum absolute atomic E-state index is 0.576. The van der Waals surface area contributed by atoms with Gasteiger partial charge in [-0.25, -0.2) is 9.97 Å². The van der Waals surface area contributed by atoms with Gasteiger partial charge in [0.25, 0.3) is 0 Å².